The maximum Gasteiger partial charge on any atom is 0.192 e. The van der Waals surface area contributed by atoms with Gasteiger partial charge in [0.15, 0.2) is 8.32 Å². The SMILES string of the molecule is C=C(C)CC[C@@H](/C=C\I)O[Si](C)(C)C(C)(C)C. The molecule has 0 aromatic carbocycles. The van der Waals surface area contributed by atoms with E-state index in [2.05, 4.69) is 80.1 Å². The number of hydrogen-bond acceptors (Lipinski definition) is 1. The maximum absolute atomic E-state index is 6.40. The summed E-state index contributed by atoms with van der Waals surface area (Å²) in [6.07, 6.45) is 4.50. The second kappa shape index (κ2) is 7.09. The van der Waals surface area contributed by atoms with Crippen molar-refractivity contribution in [3.05, 3.63) is 22.3 Å². The third kappa shape index (κ3) is 6.77. The Labute approximate surface area is 122 Å². The smallest absolute Gasteiger partial charge is 0.192 e. The Bertz CT molecular complexity index is 276. The molecule has 0 fully saturated rings. The monoisotopic (exact) mass is 366 g/mol. The summed E-state index contributed by atoms with van der Waals surface area (Å²) in [6, 6.07) is 0. The Morgan fingerprint density at radius 3 is 2.29 bits per heavy atom. The van der Waals surface area contributed by atoms with Gasteiger partial charge in [-0.25, -0.2) is 0 Å². The number of allylic oxidation sites excluding steroid dienone is 1. The van der Waals surface area contributed by atoms with Crippen molar-refractivity contribution >= 4 is 30.9 Å². The number of hydrogen-bond donors (Lipinski definition) is 0. The molecule has 0 rings (SSSR count). The predicted octanol–water partition coefficient (Wildman–Crippen LogP) is 5.68. The summed E-state index contributed by atoms with van der Waals surface area (Å²) in [4.78, 5) is 0. The molecule has 1 atom stereocenters. The van der Waals surface area contributed by atoms with E-state index in [1.807, 2.05) is 0 Å². The Balaban J connectivity index is 4.59. The maximum atomic E-state index is 6.40. The van der Waals surface area contributed by atoms with E-state index in [1.165, 1.54) is 5.57 Å². The summed E-state index contributed by atoms with van der Waals surface area (Å²) >= 11 is 2.26. The van der Waals surface area contributed by atoms with Crippen molar-refractivity contribution < 1.29 is 4.43 Å². The molecule has 0 spiro atoms. The van der Waals surface area contributed by atoms with Gasteiger partial charge in [-0.15, -0.1) is 6.58 Å². The summed E-state index contributed by atoms with van der Waals surface area (Å²) in [5.41, 5.74) is 1.23. The first-order valence-electron chi connectivity index (χ1n) is 6.19. The quantitative estimate of drug-likeness (QED) is 0.334. The fourth-order valence-electron chi connectivity index (χ4n) is 1.22. The fourth-order valence-corrected chi connectivity index (χ4v) is 2.99. The van der Waals surface area contributed by atoms with E-state index in [0.29, 0.717) is 0 Å². The summed E-state index contributed by atoms with van der Waals surface area (Å²) in [6.45, 7) is 17.5. The standard InChI is InChI=1S/C14H27IOSi/c1-12(2)8-9-13(10-11-15)16-17(6,7)14(3,4)5/h10-11,13H,1,8-9H2,2-7H3/b11-10-/t13-/m0/s1. The Kier molecular flexibility index (Phi) is 7.25. The fraction of sp³-hybridized carbons (Fsp3) is 0.714. The first kappa shape index (κ1) is 17.4. The van der Waals surface area contributed by atoms with Crippen molar-refractivity contribution in [1.82, 2.24) is 0 Å². The zero-order chi connectivity index (χ0) is 13.7. The lowest BCUT2D eigenvalue weighted by molar-refractivity contribution is 0.215. The highest BCUT2D eigenvalue weighted by Gasteiger charge is 2.38. The summed E-state index contributed by atoms with van der Waals surface area (Å²) in [5.74, 6) is 0. The van der Waals surface area contributed by atoms with Gasteiger partial charge in [0.05, 0.1) is 6.10 Å². The Morgan fingerprint density at radius 2 is 1.94 bits per heavy atom. The van der Waals surface area contributed by atoms with Crippen LogP contribution in [0, 0.1) is 0 Å². The molecule has 0 bridgehead atoms. The van der Waals surface area contributed by atoms with Gasteiger partial charge in [0.2, 0.25) is 0 Å². The minimum absolute atomic E-state index is 0.240. The van der Waals surface area contributed by atoms with Gasteiger partial charge in [-0.05, 0) is 42.0 Å². The van der Waals surface area contributed by atoms with E-state index in [9.17, 15) is 0 Å². The molecule has 1 nitrogen and oxygen atoms in total. The molecule has 0 heterocycles. The molecule has 0 aliphatic carbocycles. The molecule has 0 saturated carbocycles. The van der Waals surface area contributed by atoms with Crippen LogP contribution in [0.4, 0.5) is 0 Å². The average Bonchev–Trinajstić information content (AvgIpc) is 2.12. The topological polar surface area (TPSA) is 9.23 Å². The molecule has 100 valence electrons. The first-order valence-corrected chi connectivity index (χ1v) is 10.3. The third-order valence-corrected chi connectivity index (χ3v) is 8.31. The molecular weight excluding hydrogens is 339 g/mol. The molecule has 0 aromatic rings. The normalized spacial score (nSPS) is 15.2. The highest BCUT2D eigenvalue weighted by Crippen LogP contribution is 2.38. The second-order valence-corrected chi connectivity index (χ2v) is 11.7. The van der Waals surface area contributed by atoms with Gasteiger partial charge in [-0.3, -0.25) is 0 Å². The molecule has 0 aromatic heterocycles. The van der Waals surface area contributed by atoms with Gasteiger partial charge in [0, 0.05) is 0 Å². The van der Waals surface area contributed by atoms with Gasteiger partial charge in [-0.1, -0.05) is 55.0 Å². The van der Waals surface area contributed by atoms with Crippen molar-refractivity contribution in [2.24, 2.45) is 0 Å². The molecule has 0 unspecified atom stereocenters. The van der Waals surface area contributed by atoms with Crippen LogP contribution in [0.1, 0.15) is 40.5 Å². The number of halogens is 1. The van der Waals surface area contributed by atoms with E-state index in [1.54, 1.807) is 0 Å². The summed E-state index contributed by atoms with van der Waals surface area (Å²) in [5, 5.41) is 0.271. The van der Waals surface area contributed by atoms with Crippen LogP contribution < -0.4 is 0 Å². The van der Waals surface area contributed by atoms with Crippen LogP contribution in [0.2, 0.25) is 18.1 Å². The highest BCUT2D eigenvalue weighted by molar-refractivity contribution is 14.1. The summed E-state index contributed by atoms with van der Waals surface area (Å²) < 4.78 is 8.46. The largest absolute Gasteiger partial charge is 0.411 e. The van der Waals surface area contributed by atoms with E-state index in [0.717, 1.165) is 12.8 Å². The lowest BCUT2D eigenvalue weighted by atomic mass is 10.1. The van der Waals surface area contributed by atoms with Crippen molar-refractivity contribution in [1.29, 1.82) is 0 Å². The molecule has 0 aliphatic heterocycles. The van der Waals surface area contributed by atoms with Crippen molar-refractivity contribution in [2.75, 3.05) is 0 Å². The van der Waals surface area contributed by atoms with Crippen LogP contribution in [0.3, 0.4) is 0 Å². The molecular formula is C14H27IOSi. The minimum atomic E-state index is -1.66. The molecule has 0 saturated heterocycles. The average molecular weight is 366 g/mol. The molecule has 0 amide bonds. The van der Waals surface area contributed by atoms with Crippen LogP contribution in [0.25, 0.3) is 0 Å². The third-order valence-electron chi connectivity index (χ3n) is 3.40. The molecule has 17 heavy (non-hydrogen) atoms. The van der Waals surface area contributed by atoms with E-state index >= 15 is 0 Å². The predicted molar refractivity (Wildman–Crippen MR) is 89.3 cm³/mol. The van der Waals surface area contributed by atoms with Gasteiger partial charge < -0.3 is 4.43 Å². The van der Waals surface area contributed by atoms with Gasteiger partial charge in [0.25, 0.3) is 0 Å². The molecule has 3 heteroatoms. The first-order chi connectivity index (χ1) is 7.60. The lowest BCUT2D eigenvalue weighted by Crippen LogP contribution is -2.43. The van der Waals surface area contributed by atoms with Crippen LogP contribution in [-0.2, 0) is 4.43 Å². The van der Waals surface area contributed by atoms with E-state index in [-0.39, 0.29) is 11.1 Å². The van der Waals surface area contributed by atoms with E-state index < -0.39 is 8.32 Å². The van der Waals surface area contributed by atoms with Crippen LogP contribution in [0.5, 0.6) is 0 Å². The molecule has 0 aliphatic rings. The molecule has 0 radical (unpaired) electrons. The summed E-state index contributed by atoms with van der Waals surface area (Å²) in [7, 11) is -1.66. The zero-order valence-corrected chi connectivity index (χ0v) is 15.3. The van der Waals surface area contributed by atoms with Crippen LogP contribution in [0.15, 0.2) is 22.3 Å². The van der Waals surface area contributed by atoms with Gasteiger partial charge in [-0.2, -0.15) is 0 Å². The highest BCUT2D eigenvalue weighted by atomic mass is 127. The van der Waals surface area contributed by atoms with Crippen molar-refractivity contribution in [3.63, 3.8) is 0 Å². The zero-order valence-electron chi connectivity index (χ0n) is 12.1. The van der Waals surface area contributed by atoms with Crippen LogP contribution >= 0.6 is 22.6 Å². The van der Waals surface area contributed by atoms with Crippen molar-refractivity contribution in [3.8, 4) is 0 Å². The minimum Gasteiger partial charge on any atom is -0.411 e. The van der Waals surface area contributed by atoms with Gasteiger partial charge >= 0.3 is 0 Å². The Hall–Kier alpha value is 0.387. The Morgan fingerprint density at radius 1 is 1.41 bits per heavy atom. The van der Waals surface area contributed by atoms with E-state index in [4.69, 9.17) is 4.43 Å². The number of rotatable bonds is 6. The van der Waals surface area contributed by atoms with Crippen molar-refractivity contribution in [2.45, 2.75) is 64.8 Å². The second-order valence-electron chi connectivity index (χ2n) is 6.23. The van der Waals surface area contributed by atoms with Crippen LogP contribution in [-0.4, -0.2) is 14.4 Å². The van der Waals surface area contributed by atoms with Gasteiger partial charge in [0.1, 0.15) is 0 Å². The molecule has 0 N–H and O–H groups in total. The lowest BCUT2D eigenvalue weighted by Gasteiger charge is -2.38.